The van der Waals surface area contributed by atoms with Crippen LogP contribution in [0.5, 0.6) is 0 Å². The number of hydrogen-bond donors (Lipinski definition) is 1. The predicted molar refractivity (Wildman–Crippen MR) is 97.7 cm³/mol. The average molecular weight is 332 g/mol. The first-order chi connectivity index (χ1) is 12.1. The lowest BCUT2D eigenvalue weighted by Crippen LogP contribution is -1.89. The summed E-state index contributed by atoms with van der Waals surface area (Å²) in [6.07, 6.45) is 2.57. The second-order valence-corrected chi connectivity index (χ2v) is 7.29. The van der Waals surface area contributed by atoms with Gasteiger partial charge < -0.3 is 9.40 Å². The van der Waals surface area contributed by atoms with Crippen LogP contribution in [0.1, 0.15) is 55.7 Å². The smallest absolute Gasteiger partial charge is 0.249 e. The van der Waals surface area contributed by atoms with Crippen molar-refractivity contribution in [2.24, 2.45) is 0 Å². The summed E-state index contributed by atoms with van der Waals surface area (Å²) in [6, 6.07) is 8.67. The van der Waals surface area contributed by atoms with Crippen LogP contribution in [0.4, 0.5) is 0 Å². The molecule has 5 heteroatoms. The summed E-state index contributed by atoms with van der Waals surface area (Å²) in [7, 11) is 0. The Kier molecular flexibility index (Phi) is 3.02. The zero-order chi connectivity index (χ0) is 17.1. The molecule has 4 aromatic rings. The maximum atomic E-state index is 5.85. The number of aromatic nitrogens is 4. The minimum absolute atomic E-state index is 0.215. The van der Waals surface area contributed by atoms with Crippen molar-refractivity contribution >= 4 is 21.9 Å². The van der Waals surface area contributed by atoms with E-state index in [4.69, 9.17) is 9.40 Å². The van der Waals surface area contributed by atoms with Gasteiger partial charge in [-0.15, -0.1) is 10.2 Å². The Hall–Kier alpha value is -2.69. The van der Waals surface area contributed by atoms with Gasteiger partial charge in [-0.05, 0) is 37.3 Å². The minimum atomic E-state index is 0.215. The van der Waals surface area contributed by atoms with Crippen molar-refractivity contribution in [3.05, 3.63) is 41.4 Å². The van der Waals surface area contributed by atoms with Crippen molar-refractivity contribution in [3.8, 4) is 11.5 Å². The van der Waals surface area contributed by atoms with Gasteiger partial charge in [0, 0.05) is 16.7 Å². The van der Waals surface area contributed by atoms with E-state index in [9.17, 15) is 0 Å². The molecule has 3 aromatic heterocycles. The Morgan fingerprint density at radius 1 is 1.16 bits per heavy atom. The van der Waals surface area contributed by atoms with E-state index in [1.807, 2.05) is 20.8 Å². The summed E-state index contributed by atoms with van der Waals surface area (Å²) in [4.78, 5) is 8.31. The van der Waals surface area contributed by atoms with Crippen molar-refractivity contribution in [2.75, 3.05) is 0 Å². The number of hydrogen-bond acceptors (Lipinski definition) is 4. The first-order valence-corrected chi connectivity index (χ1v) is 8.87. The molecule has 1 aromatic carbocycles. The topological polar surface area (TPSA) is 67.6 Å². The van der Waals surface area contributed by atoms with Crippen LogP contribution in [-0.4, -0.2) is 20.2 Å². The zero-order valence-corrected chi connectivity index (χ0v) is 14.6. The number of fused-ring (bicyclic) bond motifs is 3. The molecule has 1 saturated carbocycles. The SMILES string of the molecule is Cc1nc2[nH]c3c(C4CC4)cccc3c2cc1-c1nnc(C(C)C)o1. The quantitative estimate of drug-likeness (QED) is 0.568. The van der Waals surface area contributed by atoms with Gasteiger partial charge >= 0.3 is 0 Å². The van der Waals surface area contributed by atoms with E-state index in [1.165, 1.54) is 29.3 Å². The van der Waals surface area contributed by atoms with Crippen LogP contribution >= 0.6 is 0 Å². The van der Waals surface area contributed by atoms with Crippen LogP contribution in [0.2, 0.25) is 0 Å². The fourth-order valence-electron chi connectivity index (χ4n) is 3.49. The van der Waals surface area contributed by atoms with E-state index in [0.29, 0.717) is 17.7 Å². The van der Waals surface area contributed by atoms with Crippen LogP contribution in [0.15, 0.2) is 28.7 Å². The Morgan fingerprint density at radius 2 is 2.00 bits per heavy atom. The number of benzene rings is 1. The van der Waals surface area contributed by atoms with Gasteiger partial charge in [-0.3, -0.25) is 0 Å². The van der Waals surface area contributed by atoms with Crippen LogP contribution in [0.3, 0.4) is 0 Å². The predicted octanol–water partition coefficient (Wildman–Crippen LogP) is 5.08. The Labute approximate surface area is 145 Å². The Balaban J connectivity index is 1.73. The molecule has 0 saturated heterocycles. The number of nitrogens with zero attached hydrogens (tertiary/aromatic N) is 3. The normalized spacial score (nSPS) is 14.9. The zero-order valence-electron chi connectivity index (χ0n) is 14.6. The molecule has 0 unspecified atom stereocenters. The molecule has 5 nitrogen and oxygen atoms in total. The van der Waals surface area contributed by atoms with E-state index in [1.54, 1.807) is 0 Å². The summed E-state index contributed by atoms with van der Waals surface area (Å²) in [5.74, 6) is 2.11. The van der Waals surface area contributed by atoms with Crippen molar-refractivity contribution in [1.29, 1.82) is 0 Å². The maximum absolute atomic E-state index is 5.85. The highest BCUT2D eigenvalue weighted by Crippen LogP contribution is 2.44. The summed E-state index contributed by atoms with van der Waals surface area (Å²) >= 11 is 0. The van der Waals surface area contributed by atoms with Crippen LogP contribution < -0.4 is 0 Å². The average Bonchev–Trinajstić information content (AvgIpc) is 3.19. The summed E-state index contributed by atoms with van der Waals surface area (Å²) < 4.78 is 5.85. The number of aryl methyl sites for hydroxylation is 1. The van der Waals surface area contributed by atoms with Gasteiger partial charge in [0.25, 0.3) is 0 Å². The molecule has 3 heterocycles. The van der Waals surface area contributed by atoms with Gasteiger partial charge in [0.2, 0.25) is 11.8 Å². The number of H-pyrrole nitrogens is 1. The molecule has 126 valence electrons. The molecule has 1 N–H and O–H groups in total. The molecule has 0 atom stereocenters. The lowest BCUT2D eigenvalue weighted by molar-refractivity contribution is 0.480. The molecule has 0 bridgehead atoms. The maximum Gasteiger partial charge on any atom is 0.249 e. The van der Waals surface area contributed by atoms with Gasteiger partial charge in [-0.25, -0.2) is 4.98 Å². The molecule has 0 amide bonds. The van der Waals surface area contributed by atoms with Crippen molar-refractivity contribution in [1.82, 2.24) is 20.2 Å². The monoisotopic (exact) mass is 332 g/mol. The number of pyridine rings is 1. The molecule has 0 aliphatic heterocycles. The second-order valence-electron chi connectivity index (χ2n) is 7.29. The lowest BCUT2D eigenvalue weighted by atomic mass is 10.1. The molecule has 1 aliphatic rings. The molecular formula is C20H20N4O. The molecular weight excluding hydrogens is 312 g/mol. The van der Waals surface area contributed by atoms with E-state index in [2.05, 4.69) is 39.4 Å². The van der Waals surface area contributed by atoms with E-state index in [0.717, 1.165) is 22.3 Å². The largest absolute Gasteiger partial charge is 0.420 e. The van der Waals surface area contributed by atoms with Gasteiger partial charge in [0.05, 0.1) is 16.8 Å². The number of para-hydroxylation sites is 1. The molecule has 1 fully saturated rings. The number of rotatable bonds is 3. The molecule has 25 heavy (non-hydrogen) atoms. The Bertz CT molecular complexity index is 1100. The van der Waals surface area contributed by atoms with Gasteiger partial charge in [0.15, 0.2) is 0 Å². The highest BCUT2D eigenvalue weighted by molar-refractivity contribution is 6.08. The van der Waals surface area contributed by atoms with Crippen LogP contribution in [-0.2, 0) is 0 Å². The summed E-state index contributed by atoms with van der Waals surface area (Å²) in [5, 5.41) is 10.7. The molecule has 0 spiro atoms. The number of aromatic amines is 1. The Morgan fingerprint density at radius 3 is 2.72 bits per heavy atom. The standard InChI is InChI=1S/C20H20N4O/c1-10(2)19-23-24-20(25-19)15-9-16-14-6-4-5-13(12-7-8-12)17(14)22-18(16)21-11(15)3/h4-6,9-10,12H,7-8H2,1-3H3,(H,21,22). The third-order valence-corrected chi connectivity index (χ3v) is 5.03. The van der Waals surface area contributed by atoms with Gasteiger partial charge in [0.1, 0.15) is 5.65 Å². The first-order valence-electron chi connectivity index (χ1n) is 8.87. The highest BCUT2D eigenvalue weighted by atomic mass is 16.4. The van der Waals surface area contributed by atoms with Gasteiger partial charge in [-0.1, -0.05) is 32.0 Å². The fraction of sp³-hybridized carbons (Fsp3) is 0.350. The van der Waals surface area contributed by atoms with E-state index in [-0.39, 0.29) is 5.92 Å². The van der Waals surface area contributed by atoms with Gasteiger partial charge in [-0.2, -0.15) is 0 Å². The van der Waals surface area contributed by atoms with E-state index < -0.39 is 0 Å². The van der Waals surface area contributed by atoms with Crippen LogP contribution in [0, 0.1) is 6.92 Å². The first kappa shape index (κ1) is 14.6. The molecule has 1 aliphatic carbocycles. The lowest BCUT2D eigenvalue weighted by Gasteiger charge is -2.02. The highest BCUT2D eigenvalue weighted by Gasteiger charge is 2.26. The minimum Gasteiger partial charge on any atom is -0.420 e. The van der Waals surface area contributed by atoms with Crippen molar-refractivity contribution in [2.45, 2.75) is 45.4 Å². The third kappa shape index (κ3) is 2.26. The fourth-order valence-corrected chi connectivity index (χ4v) is 3.49. The van der Waals surface area contributed by atoms with Crippen molar-refractivity contribution < 1.29 is 4.42 Å². The second kappa shape index (κ2) is 5.15. The summed E-state index contributed by atoms with van der Waals surface area (Å²) in [5.41, 5.74) is 5.36. The summed E-state index contributed by atoms with van der Waals surface area (Å²) in [6.45, 7) is 6.08. The van der Waals surface area contributed by atoms with Crippen molar-refractivity contribution in [3.63, 3.8) is 0 Å². The molecule has 0 radical (unpaired) electrons. The number of nitrogens with one attached hydrogen (secondary N) is 1. The molecule has 5 rings (SSSR count). The van der Waals surface area contributed by atoms with Crippen LogP contribution in [0.25, 0.3) is 33.4 Å². The van der Waals surface area contributed by atoms with E-state index >= 15 is 0 Å². The third-order valence-electron chi connectivity index (χ3n) is 5.03.